The Kier molecular flexibility index (Phi) is 3.51. The van der Waals surface area contributed by atoms with E-state index in [2.05, 4.69) is 29.4 Å². The summed E-state index contributed by atoms with van der Waals surface area (Å²) in [4.78, 5) is 0. The van der Waals surface area contributed by atoms with Crippen molar-refractivity contribution in [3.8, 4) is 0 Å². The Bertz CT molecular complexity index is 208. The van der Waals surface area contributed by atoms with E-state index in [4.69, 9.17) is 0 Å². The molecule has 0 amide bonds. The molecule has 0 spiro atoms. The third-order valence-corrected chi connectivity index (χ3v) is 1.60. The Labute approximate surface area is 73.2 Å². The summed E-state index contributed by atoms with van der Waals surface area (Å²) < 4.78 is 0. The fraction of sp³-hybridized carbons (Fsp3) is 0.556. The predicted octanol–water partition coefficient (Wildman–Crippen LogP) is 1.93. The molecular formula is C9H15N3. The van der Waals surface area contributed by atoms with Crippen LogP contribution in [0.4, 0.5) is 5.82 Å². The van der Waals surface area contributed by atoms with Crippen LogP contribution in [-0.4, -0.2) is 16.7 Å². The minimum atomic E-state index is 0.731. The van der Waals surface area contributed by atoms with Crippen molar-refractivity contribution < 1.29 is 0 Å². The highest BCUT2D eigenvalue weighted by Gasteiger charge is 1.94. The fourth-order valence-corrected chi connectivity index (χ4v) is 0.885. The number of hydrogen-bond donors (Lipinski definition) is 1. The molecule has 12 heavy (non-hydrogen) atoms. The van der Waals surface area contributed by atoms with Crippen LogP contribution < -0.4 is 5.32 Å². The number of rotatable bonds is 4. The highest BCUT2D eigenvalue weighted by Crippen LogP contribution is 2.01. The summed E-state index contributed by atoms with van der Waals surface area (Å²) in [5, 5.41) is 10.9. The smallest absolute Gasteiger partial charge is 0.148 e. The average Bonchev–Trinajstić information content (AvgIpc) is 2.05. The maximum absolute atomic E-state index is 3.91. The zero-order chi connectivity index (χ0) is 8.81. The van der Waals surface area contributed by atoms with E-state index in [1.54, 1.807) is 6.20 Å². The molecule has 0 unspecified atom stereocenters. The Morgan fingerprint density at radius 2 is 2.33 bits per heavy atom. The van der Waals surface area contributed by atoms with Crippen LogP contribution in [0.3, 0.4) is 0 Å². The minimum absolute atomic E-state index is 0.731. The van der Waals surface area contributed by atoms with Crippen molar-refractivity contribution >= 4 is 5.82 Å². The SMILES string of the molecule is CC(C)CCNc1cccnn1. The molecule has 1 aromatic rings. The lowest BCUT2D eigenvalue weighted by atomic mass is 10.1. The van der Waals surface area contributed by atoms with Crippen LogP contribution >= 0.6 is 0 Å². The summed E-state index contributed by atoms with van der Waals surface area (Å²) in [7, 11) is 0. The molecule has 0 aliphatic rings. The molecule has 0 radical (unpaired) electrons. The van der Waals surface area contributed by atoms with Gasteiger partial charge in [0.1, 0.15) is 5.82 Å². The Morgan fingerprint density at radius 1 is 1.50 bits per heavy atom. The first-order valence-electron chi connectivity index (χ1n) is 4.30. The van der Waals surface area contributed by atoms with Crippen molar-refractivity contribution in [2.45, 2.75) is 20.3 Å². The monoisotopic (exact) mass is 165 g/mol. The van der Waals surface area contributed by atoms with E-state index < -0.39 is 0 Å². The van der Waals surface area contributed by atoms with Gasteiger partial charge in [0, 0.05) is 12.7 Å². The quantitative estimate of drug-likeness (QED) is 0.740. The van der Waals surface area contributed by atoms with Crippen LogP contribution in [-0.2, 0) is 0 Å². The number of hydrogen-bond acceptors (Lipinski definition) is 3. The highest BCUT2D eigenvalue weighted by atomic mass is 15.2. The maximum Gasteiger partial charge on any atom is 0.148 e. The molecule has 1 rings (SSSR count). The van der Waals surface area contributed by atoms with Crippen molar-refractivity contribution in [2.75, 3.05) is 11.9 Å². The molecule has 0 saturated carbocycles. The van der Waals surface area contributed by atoms with Crippen LogP contribution in [0.1, 0.15) is 20.3 Å². The molecule has 0 aliphatic heterocycles. The van der Waals surface area contributed by atoms with Gasteiger partial charge in [-0.1, -0.05) is 13.8 Å². The normalized spacial score (nSPS) is 10.2. The Morgan fingerprint density at radius 3 is 2.92 bits per heavy atom. The molecule has 3 heteroatoms. The van der Waals surface area contributed by atoms with E-state index in [9.17, 15) is 0 Å². The second-order valence-corrected chi connectivity index (χ2v) is 3.22. The van der Waals surface area contributed by atoms with E-state index >= 15 is 0 Å². The predicted molar refractivity (Wildman–Crippen MR) is 50.0 cm³/mol. The second kappa shape index (κ2) is 4.70. The van der Waals surface area contributed by atoms with Gasteiger partial charge in [0.15, 0.2) is 0 Å². The van der Waals surface area contributed by atoms with Crippen LogP contribution in [0.25, 0.3) is 0 Å². The van der Waals surface area contributed by atoms with Crippen molar-refractivity contribution in [1.29, 1.82) is 0 Å². The van der Waals surface area contributed by atoms with Gasteiger partial charge in [-0.15, -0.1) is 5.10 Å². The van der Waals surface area contributed by atoms with Crippen molar-refractivity contribution in [2.24, 2.45) is 5.92 Å². The molecule has 3 nitrogen and oxygen atoms in total. The third kappa shape index (κ3) is 3.32. The lowest BCUT2D eigenvalue weighted by Gasteiger charge is -2.05. The lowest BCUT2D eigenvalue weighted by molar-refractivity contribution is 0.606. The van der Waals surface area contributed by atoms with Crippen LogP contribution in [0, 0.1) is 5.92 Å². The van der Waals surface area contributed by atoms with Crippen LogP contribution in [0.15, 0.2) is 18.3 Å². The first kappa shape index (κ1) is 8.97. The number of anilines is 1. The molecule has 0 aromatic carbocycles. The van der Waals surface area contributed by atoms with E-state index in [0.717, 1.165) is 24.7 Å². The first-order valence-corrected chi connectivity index (χ1v) is 4.30. The molecule has 0 saturated heterocycles. The van der Waals surface area contributed by atoms with Crippen molar-refractivity contribution in [1.82, 2.24) is 10.2 Å². The number of aromatic nitrogens is 2. The van der Waals surface area contributed by atoms with Gasteiger partial charge in [-0.25, -0.2) is 0 Å². The molecule has 0 atom stereocenters. The molecule has 1 N–H and O–H groups in total. The third-order valence-electron chi connectivity index (χ3n) is 1.60. The lowest BCUT2D eigenvalue weighted by Crippen LogP contribution is -2.06. The molecule has 1 aromatic heterocycles. The van der Waals surface area contributed by atoms with Gasteiger partial charge in [-0.2, -0.15) is 5.10 Å². The van der Waals surface area contributed by atoms with Crippen LogP contribution in [0.5, 0.6) is 0 Å². The maximum atomic E-state index is 3.91. The van der Waals surface area contributed by atoms with Gasteiger partial charge in [-0.3, -0.25) is 0 Å². The zero-order valence-electron chi connectivity index (χ0n) is 7.62. The van der Waals surface area contributed by atoms with Gasteiger partial charge in [0.05, 0.1) is 0 Å². The summed E-state index contributed by atoms with van der Waals surface area (Å²) in [6, 6.07) is 3.80. The van der Waals surface area contributed by atoms with Gasteiger partial charge >= 0.3 is 0 Å². The van der Waals surface area contributed by atoms with E-state index in [-0.39, 0.29) is 0 Å². The van der Waals surface area contributed by atoms with Gasteiger partial charge in [-0.05, 0) is 24.5 Å². The molecule has 66 valence electrons. The summed E-state index contributed by atoms with van der Waals surface area (Å²) in [6.45, 7) is 5.38. The van der Waals surface area contributed by atoms with E-state index in [0.29, 0.717) is 0 Å². The zero-order valence-corrected chi connectivity index (χ0v) is 7.62. The topological polar surface area (TPSA) is 37.8 Å². The summed E-state index contributed by atoms with van der Waals surface area (Å²) >= 11 is 0. The first-order chi connectivity index (χ1) is 5.79. The molecule has 0 aliphatic carbocycles. The Balaban J connectivity index is 2.25. The van der Waals surface area contributed by atoms with Crippen LogP contribution in [0.2, 0.25) is 0 Å². The van der Waals surface area contributed by atoms with Crippen molar-refractivity contribution in [3.63, 3.8) is 0 Å². The molecule has 0 bridgehead atoms. The van der Waals surface area contributed by atoms with Gasteiger partial charge in [0.25, 0.3) is 0 Å². The molecule has 1 heterocycles. The molecule has 0 fully saturated rings. The van der Waals surface area contributed by atoms with Gasteiger partial charge < -0.3 is 5.32 Å². The van der Waals surface area contributed by atoms with Crippen molar-refractivity contribution in [3.05, 3.63) is 18.3 Å². The summed E-state index contributed by atoms with van der Waals surface area (Å²) in [5.41, 5.74) is 0. The van der Waals surface area contributed by atoms with E-state index in [1.807, 2.05) is 12.1 Å². The standard InChI is InChI=1S/C9H15N3/c1-8(2)5-7-10-9-4-3-6-11-12-9/h3-4,6,8H,5,7H2,1-2H3,(H,10,12). The molecular weight excluding hydrogens is 150 g/mol. The largest absolute Gasteiger partial charge is 0.369 e. The van der Waals surface area contributed by atoms with E-state index in [1.165, 1.54) is 0 Å². The average molecular weight is 165 g/mol. The summed E-state index contributed by atoms with van der Waals surface area (Å²) in [5.74, 6) is 1.59. The Hall–Kier alpha value is -1.12. The number of nitrogens with zero attached hydrogens (tertiary/aromatic N) is 2. The minimum Gasteiger partial charge on any atom is -0.369 e. The second-order valence-electron chi connectivity index (χ2n) is 3.22. The summed E-state index contributed by atoms with van der Waals surface area (Å²) in [6.07, 6.45) is 2.84. The highest BCUT2D eigenvalue weighted by molar-refractivity contribution is 5.30. The fourth-order valence-electron chi connectivity index (χ4n) is 0.885. The number of nitrogens with one attached hydrogen (secondary N) is 1. The van der Waals surface area contributed by atoms with Gasteiger partial charge in [0.2, 0.25) is 0 Å².